The third-order valence-corrected chi connectivity index (χ3v) is 4.89. The van der Waals surface area contributed by atoms with Crippen molar-refractivity contribution in [3.63, 3.8) is 0 Å². The van der Waals surface area contributed by atoms with Crippen molar-refractivity contribution in [2.75, 3.05) is 24.2 Å². The van der Waals surface area contributed by atoms with E-state index in [1.807, 2.05) is 18.2 Å². The van der Waals surface area contributed by atoms with Crippen LogP contribution in [0, 0.1) is 0 Å². The van der Waals surface area contributed by atoms with E-state index in [2.05, 4.69) is 42.4 Å². The number of fused-ring (bicyclic) bond motifs is 1. The highest BCUT2D eigenvalue weighted by atomic mass is 16.5. The summed E-state index contributed by atoms with van der Waals surface area (Å²) in [6.45, 7) is 0.408. The number of anilines is 2. The number of aliphatic hydroxyl groups excluding tert-OH is 1. The molecule has 1 fully saturated rings. The van der Waals surface area contributed by atoms with E-state index in [4.69, 9.17) is 16.0 Å². The number of benzene rings is 1. The van der Waals surface area contributed by atoms with Gasteiger partial charge in [0.15, 0.2) is 11.5 Å². The monoisotopic (exact) mass is 395 g/mol. The molecule has 3 atom stereocenters. The summed E-state index contributed by atoms with van der Waals surface area (Å²) in [4.78, 5) is 15.7. The van der Waals surface area contributed by atoms with E-state index in [1.54, 1.807) is 10.9 Å². The molecular formula is C18H21N9O2. The molecule has 3 heterocycles. The first-order valence-corrected chi connectivity index (χ1v) is 9.28. The Morgan fingerprint density at radius 2 is 2.17 bits per heavy atom. The van der Waals surface area contributed by atoms with E-state index in [9.17, 15) is 5.11 Å². The van der Waals surface area contributed by atoms with Crippen molar-refractivity contribution in [1.82, 2.24) is 19.5 Å². The van der Waals surface area contributed by atoms with Crippen LogP contribution in [-0.2, 0) is 11.2 Å². The maximum absolute atomic E-state index is 9.52. The van der Waals surface area contributed by atoms with Crippen LogP contribution in [0.2, 0.25) is 0 Å². The van der Waals surface area contributed by atoms with Gasteiger partial charge in [-0.05, 0) is 17.5 Å². The zero-order chi connectivity index (χ0) is 20.2. The zero-order valence-electron chi connectivity index (χ0n) is 15.6. The highest BCUT2D eigenvalue weighted by Gasteiger charge is 2.36. The zero-order valence-corrected chi connectivity index (χ0v) is 15.6. The number of rotatable bonds is 7. The summed E-state index contributed by atoms with van der Waals surface area (Å²) in [6.07, 6.45) is 1.78. The van der Waals surface area contributed by atoms with Gasteiger partial charge in [-0.2, -0.15) is 9.97 Å². The summed E-state index contributed by atoms with van der Waals surface area (Å²) in [5.41, 5.74) is 16.9. The Balaban J connectivity index is 1.60. The quantitative estimate of drug-likeness (QED) is 0.313. The van der Waals surface area contributed by atoms with E-state index in [1.165, 1.54) is 5.56 Å². The van der Waals surface area contributed by atoms with Crippen molar-refractivity contribution in [3.8, 4) is 0 Å². The number of nitrogens with two attached hydrogens (primary N) is 1. The maximum Gasteiger partial charge on any atom is 0.224 e. The Kier molecular flexibility index (Phi) is 5.43. The number of nitrogen functional groups attached to an aromatic ring is 1. The summed E-state index contributed by atoms with van der Waals surface area (Å²) >= 11 is 0. The van der Waals surface area contributed by atoms with E-state index in [0.717, 1.165) is 6.42 Å². The average molecular weight is 395 g/mol. The molecule has 1 saturated heterocycles. The third-order valence-electron chi connectivity index (χ3n) is 4.89. The minimum absolute atomic E-state index is 0.123. The van der Waals surface area contributed by atoms with Gasteiger partial charge in [0.2, 0.25) is 5.95 Å². The van der Waals surface area contributed by atoms with E-state index >= 15 is 0 Å². The van der Waals surface area contributed by atoms with E-state index < -0.39 is 18.4 Å². The molecular weight excluding hydrogens is 374 g/mol. The van der Waals surface area contributed by atoms with Crippen molar-refractivity contribution < 1.29 is 9.84 Å². The molecule has 0 spiro atoms. The highest BCUT2D eigenvalue weighted by Crippen LogP contribution is 2.34. The molecule has 11 nitrogen and oxygen atoms in total. The number of aromatic nitrogens is 4. The molecule has 1 aliphatic rings. The first-order valence-electron chi connectivity index (χ1n) is 9.28. The van der Waals surface area contributed by atoms with Gasteiger partial charge in [-0.15, -0.1) is 0 Å². The van der Waals surface area contributed by atoms with Gasteiger partial charge in [-0.1, -0.05) is 35.4 Å². The second kappa shape index (κ2) is 8.31. The fourth-order valence-corrected chi connectivity index (χ4v) is 3.51. The van der Waals surface area contributed by atoms with Crippen LogP contribution < -0.4 is 11.1 Å². The summed E-state index contributed by atoms with van der Waals surface area (Å²) in [6, 6.07) is 9.65. The van der Waals surface area contributed by atoms with Crippen LogP contribution in [0.4, 0.5) is 11.8 Å². The lowest BCUT2D eigenvalue weighted by atomic mass is 10.1. The molecule has 11 heteroatoms. The van der Waals surface area contributed by atoms with Gasteiger partial charge in [0.05, 0.1) is 25.1 Å². The number of hydrogen-bond donors (Lipinski definition) is 3. The van der Waals surface area contributed by atoms with Crippen molar-refractivity contribution in [1.29, 1.82) is 0 Å². The predicted octanol–water partition coefficient (Wildman–Crippen LogP) is 2.02. The van der Waals surface area contributed by atoms with Crippen LogP contribution in [0.1, 0.15) is 18.2 Å². The number of nitrogens with one attached hydrogen (secondary N) is 1. The summed E-state index contributed by atoms with van der Waals surface area (Å²) in [5.74, 6) is 0.676. The van der Waals surface area contributed by atoms with Gasteiger partial charge < -0.3 is 20.9 Å². The molecule has 0 amide bonds. The molecule has 0 saturated carbocycles. The molecule has 1 aromatic carbocycles. The summed E-state index contributed by atoms with van der Waals surface area (Å²) in [5, 5.41) is 16.6. The number of aliphatic hydroxyl groups is 1. The second-order valence-electron chi connectivity index (χ2n) is 6.74. The number of ether oxygens (including phenoxy) is 1. The number of azide groups is 1. The first-order chi connectivity index (χ1) is 14.2. The molecule has 2 aromatic heterocycles. The smallest absolute Gasteiger partial charge is 0.224 e. The van der Waals surface area contributed by atoms with Crippen molar-refractivity contribution in [3.05, 3.63) is 52.7 Å². The Labute approximate surface area is 166 Å². The SMILES string of the molecule is [N-]=[N+]=NC1C[C@H](n2cnc3nc(N)nc(NCCc4ccccc4)c32)O[C@@H]1CO. The summed E-state index contributed by atoms with van der Waals surface area (Å²) < 4.78 is 7.67. The molecule has 1 aliphatic heterocycles. The Morgan fingerprint density at radius 1 is 1.34 bits per heavy atom. The first kappa shape index (κ1) is 18.9. The molecule has 150 valence electrons. The molecule has 0 aliphatic carbocycles. The molecule has 3 aromatic rings. The molecule has 1 unspecified atom stereocenters. The van der Waals surface area contributed by atoms with Crippen LogP contribution in [0.3, 0.4) is 0 Å². The van der Waals surface area contributed by atoms with Crippen LogP contribution in [0.15, 0.2) is 41.8 Å². The second-order valence-corrected chi connectivity index (χ2v) is 6.74. The molecule has 4 N–H and O–H groups in total. The van der Waals surface area contributed by atoms with E-state index in [-0.39, 0.29) is 12.6 Å². The van der Waals surface area contributed by atoms with Crippen molar-refractivity contribution in [2.24, 2.45) is 5.11 Å². The minimum Gasteiger partial charge on any atom is -0.394 e. The fourth-order valence-electron chi connectivity index (χ4n) is 3.51. The highest BCUT2D eigenvalue weighted by molar-refractivity contribution is 5.84. The van der Waals surface area contributed by atoms with Gasteiger partial charge in [0.25, 0.3) is 0 Å². The number of nitrogens with zero attached hydrogens (tertiary/aromatic N) is 7. The van der Waals surface area contributed by atoms with Crippen molar-refractivity contribution in [2.45, 2.75) is 31.2 Å². The molecule has 0 radical (unpaired) electrons. The standard InChI is InChI=1S/C18H21N9O2/c19-18-23-16(21-7-6-11-4-2-1-3-5-11)15-17(24-18)22-10-27(15)14-8-12(25-26-20)13(9-28)29-14/h1-5,10,12-14,28H,6-9H2,(H3,19,21,23,24)/t12?,13-,14-/m1/s1. The molecule has 4 rings (SSSR count). The van der Waals surface area contributed by atoms with Crippen LogP contribution >= 0.6 is 0 Å². The lowest BCUT2D eigenvalue weighted by molar-refractivity contribution is -0.0230. The Bertz CT molecular complexity index is 1030. The summed E-state index contributed by atoms with van der Waals surface area (Å²) in [7, 11) is 0. The maximum atomic E-state index is 9.52. The van der Waals surface area contributed by atoms with Gasteiger partial charge in [-0.3, -0.25) is 4.57 Å². The van der Waals surface area contributed by atoms with Gasteiger partial charge in [-0.25, -0.2) is 4.98 Å². The normalized spacial score (nSPS) is 21.2. The molecule has 29 heavy (non-hydrogen) atoms. The van der Waals surface area contributed by atoms with E-state index in [0.29, 0.717) is 29.9 Å². The minimum atomic E-state index is -0.572. The van der Waals surface area contributed by atoms with Gasteiger partial charge in [0, 0.05) is 17.9 Å². The van der Waals surface area contributed by atoms with Crippen LogP contribution in [0.25, 0.3) is 21.6 Å². The lowest BCUT2D eigenvalue weighted by Crippen LogP contribution is -2.23. The van der Waals surface area contributed by atoms with Crippen molar-refractivity contribution >= 4 is 22.9 Å². The number of imidazole rings is 1. The molecule has 0 bridgehead atoms. The lowest BCUT2D eigenvalue weighted by Gasteiger charge is -2.16. The largest absolute Gasteiger partial charge is 0.394 e. The van der Waals surface area contributed by atoms with Crippen LogP contribution in [0.5, 0.6) is 0 Å². The number of hydrogen-bond acceptors (Lipinski definition) is 8. The van der Waals surface area contributed by atoms with Gasteiger partial charge >= 0.3 is 0 Å². The Hall–Kier alpha value is -3.40. The fraction of sp³-hybridized carbons (Fsp3) is 0.389. The Morgan fingerprint density at radius 3 is 2.93 bits per heavy atom. The predicted molar refractivity (Wildman–Crippen MR) is 107 cm³/mol. The van der Waals surface area contributed by atoms with Crippen LogP contribution in [-0.4, -0.2) is 49.9 Å². The average Bonchev–Trinajstić information content (AvgIpc) is 3.32. The topological polar surface area (TPSA) is 160 Å². The third kappa shape index (κ3) is 3.92. The van der Waals surface area contributed by atoms with Gasteiger partial charge in [0.1, 0.15) is 11.7 Å².